The highest BCUT2D eigenvalue weighted by Gasteiger charge is 2.51. The predicted molar refractivity (Wildman–Crippen MR) is 116 cm³/mol. The molecule has 0 radical (unpaired) electrons. The van der Waals surface area contributed by atoms with E-state index in [4.69, 9.17) is 9.57 Å². The fourth-order valence-electron chi connectivity index (χ4n) is 4.31. The number of nitriles is 1. The summed E-state index contributed by atoms with van der Waals surface area (Å²) in [5.74, 6) is 0.0894. The molecular formula is C25H19N3O3. The Balaban J connectivity index is 1.62. The fraction of sp³-hybridized carbons (Fsp3) is 0.160. The minimum atomic E-state index is -0.768. The van der Waals surface area contributed by atoms with E-state index >= 15 is 0 Å². The Morgan fingerprint density at radius 2 is 1.74 bits per heavy atom. The van der Waals surface area contributed by atoms with Crippen LogP contribution >= 0.6 is 0 Å². The molecule has 5 rings (SSSR count). The normalized spacial score (nSPS) is 21.2. The van der Waals surface area contributed by atoms with Crippen LogP contribution in [-0.2, 0) is 4.84 Å². The molecule has 0 fully saturated rings. The summed E-state index contributed by atoms with van der Waals surface area (Å²) in [5.41, 5.74) is 3.53. The quantitative estimate of drug-likeness (QED) is 0.645. The van der Waals surface area contributed by atoms with Crippen molar-refractivity contribution in [3.8, 4) is 11.8 Å². The van der Waals surface area contributed by atoms with E-state index in [1.54, 1.807) is 24.1 Å². The number of hydrogen-bond donors (Lipinski definition) is 0. The second-order valence-electron chi connectivity index (χ2n) is 7.43. The van der Waals surface area contributed by atoms with Crippen LogP contribution in [0, 0.1) is 17.2 Å². The average Bonchev–Trinajstić information content (AvgIpc) is 3.28. The molecule has 3 aromatic carbocycles. The molecule has 0 aliphatic carbocycles. The number of anilines is 1. The van der Waals surface area contributed by atoms with Crippen LogP contribution in [0.4, 0.5) is 5.69 Å². The Labute approximate surface area is 179 Å². The lowest BCUT2D eigenvalue weighted by Gasteiger charge is -2.39. The van der Waals surface area contributed by atoms with E-state index in [1.807, 2.05) is 66.7 Å². The van der Waals surface area contributed by atoms with Crippen molar-refractivity contribution < 1.29 is 14.4 Å². The predicted octanol–water partition coefficient (Wildman–Crippen LogP) is 4.34. The SMILES string of the molecule is COc1ccc(C2=NO[C@H]3c4ccccc4N(C(=O)c4ccccc4)[C@H](C#N)[C@@H]23)cc1. The third-order valence-electron chi connectivity index (χ3n) is 5.79. The van der Waals surface area contributed by atoms with Crippen LogP contribution < -0.4 is 9.64 Å². The third-order valence-corrected chi connectivity index (χ3v) is 5.79. The number of nitrogens with zero attached hydrogens (tertiary/aromatic N) is 3. The summed E-state index contributed by atoms with van der Waals surface area (Å²) in [7, 11) is 1.61. The Morgan fingerprint density at radius 1 is 1.03 bits per heavy atom. The molecule has 1 amide bonds. The molecule has 0 bridgehead atoms. The molecule has 0 N–H and O–H groups in total. The van der Waals surface area contributed by atoms with Crippen LogP contribution in [0.1, 0.15) is 27.6 Å². The Kier molecular flexibility index (Phi) is 4.64. The second-order valence-corrected chi connectivity index (χ2v) is 7.43. The standard InChI is InChI=1S/C25H19N3O3/c1-30-18-13-11-16(12-14-18)23-22-21(15-26)28(25(29)17-7-3-2-4-8-17)20-10-6-5-9-19(20)24(22)31-27-23/h2-14,21-22,24H,1H3/t21-,22+,24+/m1/s1. The lowest BCUT2D eigenvalue weighted by atomic mass is 9.78. The molecule has 6 heteroatoms. The molecule has 31 heavy (non-hydrogen) atoms. The smallest absolute Gasteiger partial charge is 0.259 e. The van der Waals surface area contributed by atoms with Crippen LogP contribution in [0.5, 0.6) is 5.75 Å². The van der Waals surface area contributed by atoms with E-state index in [0.717, 1.165) is 16.9 Å². The van der Waals surface area contributed by atoms with E-state index in [2.05, 4.69) is 11.2 Å². The molecule has 0 saturated carbocycles. The lowest BCUT2D eigenvalue weighted by molar-refractivity contribution is 0.0533. The van der Waals surface area contributed by atoms with Gasteiger partial charge in [0.25, 0.3) is 5.91 Å². The molecule has 0 aromatic heterocycles. The van der Waals surface area contributed by atoms with Crippen molar-refractivity contribution in [1.29, 1.82) is 5.26 Å². The Morgan fingerprint density at radius 3 is 2.45 bits per heavy atom. The van der Waals surface area contributed by atoms with Crippen LogP contribution in [0.2, 0.25) is 0 Å². The zero-order valence-electron chi connectivity index (χ0n) is 16.8. The molecule has 152 valence electrons. The monoisotopic (exact) mass is 409 g/mol. The summed E-state index contributed by atoms with van der Waals surface area (Å²) >= 11 is 0. The van der Waals surface area contributed by atoms with Gasteiger partial charge in [0.15, 0.2) is 6.10 Å². The van der Waals surface area contributed by atoms with E-state index in [1.165, 1.54) is 0 Å². The number of carbonyl (C=O) groups is 1. The number of para-hydroxylation sites is 1. The number of carbonyl (C=O) groups excluding carboxylic acids is 1. The molecule has 0 saturated heterocycles. The first-order chi connectivity index (χ1) is 15.2. The van der Waals surface area contributed by atoms with Crippen molar-refractivity contribution in [1.82, 2.24) is 0 Å². The zero-order valence-corrected chi connectivity index (χ0v) is 16.8. The third kappa shape index (κ3) is 3.03. The first kappa shape index (κ1) is 18.9. The van der Waals surface area contributed by atoms with Gasteiger partial charge in [-0.25, -0.2) is 0 Å². The highest BCUT2D eigenvalue weighted by atomic mass is 16.6. The molecule has 0 spiro atoms. The van der Waals surface area contributed by atoms with Crippen LogP contribution in [0.3, 0.4) is 0 Å². The minimum absolute atomic E-state index is 0.223. The van der Waals surface area contributed by atoms with Gasteiger partial charge in [-0.05, 0) is 42.5 Å². The van der Waals surface area contributed by atoms with Gasteiger partial charge in [-0.1, -0.05) is 41.6 Å². The molecule has 2 heterocycles. The van der Waals surface area contributed by atoms with Gasteiger partial charge in [-0.3, -0.25) is 9.69 Å². The van der Waals surface area contributed by atoms with Gasteiger partial charge in [0, 0.05) is 16.7 Å². The van der Waals surface area contributed by atoms with Crippen LogP contribution in [-0.4, -0.2) is 24.8 Å². The zero-order chi connectivity index (χ0) is 21.4. The maximum Gasteiger partial charge on any atom is 0.259 e. The number of fused-ring (bicyclic) bond motifs is 3. The van der Waals surface area contributed by atoms with E-state index in [-0.39, 0.29) is 5.91 Å². The summed E-state index contributed by atoms with van der Waals surface area (Å²) in [4.78, 5) is 20.9. The summed E-state index contributed by atoms with van der Waals surface area (Å²) in [6.07, 6.45) is -0.433. The van der Waals surface area contributed by atoms with Crippen molar-refractivity contribution in [3.63, 3.8) is 0 Å². The van der Waals surface area contributed by atoms with Crippen molar-refractivity contribution in [2.24, 2.45) is 11.1 Å². The molecule has 0 unspecified atom stereocenters. The summed E-state index contributed by atoms with van der Waals surface area (Å²) in [6.45, 7) is 0. The molecule has 6 nitrogen and oxygen atoms in total. The highest BCUT2D eigenvalue weighted by Crippen LogP contribution is 2.47. The van der Waals surface area contributed by atoms with Gasteiger partial charge >= 0.3 is 0 Å². The number of ether oxygens (including phenoxy) is 1. The van der Waals surface area contributed by atoms with Gasteiger partial charge in [-0.2, -0.15) is 5.26 Å². The molecule has 2 aliphatic heterocycles. The van der Waals surface area contributed by atoms with E-state index in [0.29, 0.717) is 17.0 Å². The van der Waals surface area contributed by atoms with Gasteiger partial charge in [0.1, 0.15) is 11.8 Å². The van der Waals surface area contributed by atoms with E-state index < -0.39 is 18.1 Å². The van der Waals surface area contributed by atoms with Gasteiger partial charge in [0.2, 0.25) is 0 Å². The van der Waals surface area contributed by atoms with Gasteiger partial charge in [-0.15, -0.1) is 0 Å². The largest absolute Gasteiger partial charge is 0.497 e. The van der Waals surface area contributed by atoms with E-state index in [9.17, 15) is 10.1 Å². The van der Waals surface area contributed by atoms with Gasteiger partial charge < -0.3 is 9.57 Å². The molecule has 3 aromatic rings. The van der Waals surface area contributed by atoms with Crippen molar-refractivity contribution in [2.75, 3.05) is 12.0 Å². The first-order valence-corrected chi connectivity index (χ1v) is 9.98. The lowest BCUT2D eigenvalue weighted by Crippen LogP contribution is -2.51. The topological polar surface area (TPSA) is 74.9 Å². The van der Waals surface area contributed by atoms with Gasteiger partial charge in [0.05, 0.1) is 30.5 Å². The maximum absolute atomic E-state index is 13.5. The fourth-order valence-corrected chi connectivity index (χ4v) is 4.31. The molecule has 3 atom stereocenters. The number of rotatable bonds is 3. The summed E-state index contributed by atoms with van der Waals surface area (Å²) in [6, 6.07) is 25.6. The number of benzene rings is 3. The number of hydrogen-bond acceptors (Lipinski definition) is 5. The van der Waals surface area contributed by atoms with Crippen molar-refractivity contribution >= 4 is 17.3 Å². The van der Waals surface area contributed by atoms with Crippen LogP contribution in [0.15, 0.2) is 84.0 Å². The van der Waals surface area contributed by atoms with Crippen molar-refractivity contribution in [2.45, 2.75) is 12.1 Å². The maximum atomic E-state index is 13.5. The summed E-state index contributed by atoms with van der Waals surface area (Å²) < 4.78 is 5.25. The molecular weight excluding hydrogens is 390 g/mol. The molecule has 2 aliphatic rings. The first-order valence-electron chi connectivity index (χ1n) is 9.98. The summed E-state index contributed by atoms with van der Waals surface area (Å²) in [5, 5.41) is 14.6. The second kappa shape index (κ2) is 7.62. The minimum Gasteiger partial charge on any atom is -0.497 e. The Bertz CT molecular complexity index is 1200. The highest BCUT2D eigenvalue weighted by molar-refractivity contribution is 6.11. The number of oxime groups is 1. The van der Waals surface area contributed by atoms with Crippen molar-refractivity contribution in [3.05, 3.63) is 95.6 Å². The Hall–Kier alpha value is -4.11. The van der Waals surface area contributed by atoms with Crippen LogP contribution in [0.25, 0.3) is 0 Å². The average molecular weight is 409 g/mol. The number of methoxy groups -OCH3 is 1. The number of amides is 1.